The molecule has 0 radical (unpaired) electrons. The highest BCUT2D eigenvalue weighted by molar-refractivity contribution is 7.89. The Morgan fingerprint density at radius 1 is 1.19 bits per heavy atom. The van der Waals surface area contributed by atoms with Crippen molar-refractivity contribution in [2.45, 2.75) is 44.6 Å². The predicted molar refractivity (Wildman–Crippen MR) is 122 cm³/mol. The summed E-state index contributed by atoms with van der Waals surface area (Å²) in [4.78, 5) is 14.9. The summed E-state index contributed by atoms with van der Waals surface area (Å²) in [6.45, 7) is 6.84. The lowest BCUT2D eigenvalue weighted by Gasteiger charge is -2.24. The van der Waals surface area contributed by atoms with E-state index < -0.39 is 10.0 Å². The van der Waals surface area contributed by atoms with Gasteiger partial charge in [-0.25, -0.2) is 13.1 Å². The first-order chi connectivity index (χ1) is 14.7. The number of nitrogens with one attached hydrogen (secondary N) is 1. The SMILES string of the molecule is CCNS(=O)(=O)c1cc(/C=C/C(=O)N2CCCC2c2cc(C)cc(C)c2)ccc1OC. The molecule has 2 aromatic carbocycles. The molecule has 7 heteroatoms. The molecule has 1 unspecified atom stereocenters. The van der Waals surface area contributed by atoms with E-state index in [1.807, 2.05) is 4.90 Å². The maximum Gasteiger partial charge on any atom is 0.247 e. The van der Waals surface area contributed by atoms with Crippen LogP contribution in [0.25, 0.3) is 6.08 Å². The standard InChI is InChI=1S/C24H30N2O4S/c1-5-25-31(28,29)23-16-19(8-10-22(23)30-4)9-11-24(27)26-12-6-7-21(26)20-14-17(2)13-18(3)15-20/h8-11,13-16,21,25H,5-7,12H2,1-4H3/b11-9+. The third kappa shape index (κ3) is 5.35. The summed E-state index contributed by atoms with van der Waals surface area (Å²) < 4.78 is 32.6. The lowest BCUT2D eigenvalue weighted by molar-refractivity contribution is -0.126. The van der Waals surface area contributed by atoms with Crippen molar-refractivity contribution in [2.75, 3.05) is 20.2 Å². The van der Waals surface area contributed by atoms with Crippen molar-refractivity contribution in [3.8, 4) is 5.75 Å². The van der Waals surface area contributed by atoms with E-state index in [1.165, 1.54) is 35.9 Å². The first-order valence-corrected chi connectivity index (χ1v) is 12.0. The van der Waals surface area contributed by atoms with E-state index in [2.05, 4.69) is 36.8 Å². The Morgan fingerprint density at radius 2 is 1.90 bits per heavy atom. The van der Waals surface area contributed by atoms with Crippen LogP contribution < -0.4 is 9.46 Å². The lowest BCUT2D eigenvalue weighted by Crippen LogP contribution is -2.29. The Morgan fingerprint density at radius 3 is 2.55 bits per heavy atom. The summed E-state index contributed by atoms with van der Waals surface area (Å²) in [6.07, 6.45) is 5.08. The number of aryl methyl sites for hydroxylation is 2. The fourth-order valence-corrected chi connectivity index (χ4v) is 5.36. The minimum atomic E-state index is -3.69. The van der Waals surface area contributed by atoms with E-state index in [0.717, 1.165) is 12.8 Å². The predicted octanol–water partition coefficient (Wildman–Crippen LogP) is 3.99. The second-order valence-electron chi connectivity index (χ2n) is 7.86. The van der Waals surface area contributed by atoms with Gasteiger partial charge in [-0.15, -0.1) is 0 Å². The van der Waals surface area contributed by atoms with Gasteiger partial charge in [0.15, 0.2) is 0 Å². The zero-order chi connectivity index (χ0) is 22.6. The van der Waals surface area contributed by atoms with Crippen molar-refractivity contribution in [3.05, 3.63) is 64.7 Å². The Bertz CT molecular complexity index is 1070. The largest absolute Gasteiger partial charge is 0.495 e. The molecule has 1 saturated heterocycles. The van der Waals surface area contributed by atoms with Gasteiger partial charge in [-0.2, -0.15) is 0 Å². The summed E-state index contributed by atoms with van der Waals surface area (Å²) in [6, 6.07) is 11.3. The van der Waals surface area contributed by atoms with Crippen LogP contribution in [0, 0.1) is 13.8 Å². The molecule has 1 aliphatic rings. The summed E-state index contributed by atoms with van der Waals surface area (Å²) >= 11 is 0. The number of amides is 1. The van der Waals surface area contributed by atoms with Crippen molar-refractivity contribution in [1.29, 1.82) is 0 Å². The lowest BCUT2D eigenvalue weighted by atomic mass is 9.99. The number of hydrogen-bond acceptors (Lipinski definition) is 4. The maximum absolute atomic E-state index is 13.0. The number of rotatable bonds is 7. The van der Waals surface area contributed by atoms with Crippen LogP contribution >= 0.6 is 0 Å². The first kappa shape index (κ1) is 23.0. The molecule has 3 rings (SSSR count). The van der Waals surface area contributed by atoms with E-state index in [9.17, 15) is 13.2 Å². The van der Waals surface area contributed by atoms with E-state index in [0.29, 0.717) is 12.1 Å². The molecule has 1 atom stereocenters. The fourth-order valence-electron chi connectivity index (χ4n) is 4.12. The minimum Gasteiger partial charge on any atom is -0.495 e. The molecular weight excluding hydrogens is 412 g/mol. The molecule has 0 saturated carbocycles. The minimum absolute atomic E-state index is 0.0562. The van der Waals surface area contributed by atoms with Crippen molar-refractivity contribution >= 4 is 22.0 Å². The molecular formula is C24H30N2O4S. The fraction of sp³-hybridized carbons (Fsp3) is 0.375. The molecule has 0 aromatic heterocycles. The Labute approximate surface area is 185 Å². The number of methoxy groups -OCH3 is 1. The molecule has 2 aromatic rings. The van der Waals surface area contributed by atoms with Crippen LogP contribution in [0.5, 0.6) is 5.75 Å². The number of likely N-dealkylation sites (tertiary alicyclic amines) is 1. The number of ether oxygens (including phenoxy) is 1. The van der Waals surface area contributed by atoms with E-state index in [4.69, 9.17) is 4.74 Å². The Kier molecular flexibility index (Phi) is 7.18. The van der Waals surface area contributed by atoms with E-state index in [-0.39, 0.29) is 29.1 Å². The Hall–Kier alpha value is -2.64. The van der Waals surface area contributed by atoms with Gasteiger partial charge in [0.25, 0.3) is 0 Å². The summed E-state index contributed by atoms with van der Waals surface area (Å²) in [5.41, 5.74) is 4.17. The maximum atomic E-state index is 13.0. The average molecular weight is 443 g/mol. The quantitative estimate of drug-likeness (QED) is 0.658. The number of hydrogen-bond donors (Lipinski definition) is 1. The molecule has 1 N–H and O–H groups in total. The van der Waals surface area contributed by atoms with Crippen LogP contribution in [-0.4, -0.2) is 39.4 Å². The summed E-state index contributed by atoms with van der Waals surface area (Å²) in [5.74, 6) is 0.187. The monoisotopic (exact) mass is 442 g/mol. The van der Waals surface area contributed by atoms with Crippen molar-refractivity contribution in [2.24, 2.45) is 0 Å². The first-order valence-electron chi connectivity index (χ1n) is 10.5. The highest BCUT2D eigenvalue weighted by Gasteiger charge is 2.29. The van der Waals surface area contributed by atoms with Gasteiger partial charge in [0.05, 0.1) is 13.2 Å². The zero-order valence-corrected chi connectivity index (χ0v) is 19.3. The summed E-state index contributed by atoms with van der Waals surface area (Å²) in [7, 11) is -2.26. The Balaban J connectivity index is 1.83. The van der Waals surface area contributed by atoms with Crippen LogP contribution in [0.3, 0.4) is 0 Å². The molecule has 0 aliphatic carbocycles. The van der Waals surface area contributed by atoms with Crippen molar-refractivity contribution in [3.63, 3.8) is 0 Å². The number of carbonyl (C=O) groups excluding carboxylic acids is 1. The second kappa shape index (κ2) is 9.66. The van der Waals surface area contributed by atoms with Gasteiger partial charge in [0.1, 0.15) is 10.6 Å². The smallest absolute Gasteiger partial charge is 0.247 e. The molecule has 31 heavy (non-hydrogen) atoms. The van der Waals surface area contributed by atoms with Crippen LogP contribution in [0.2, 0.25) is 0 Å². The molecule has 166 valence electrons. The molecule has 1 heterocycles. The third-order valence-electron chi connectivity index (χ3n) is 5.39. The average Bonchev–Trinajstić information content (AvgIpc) is 3.21. The third-order valence-corrected chi connectivity index (χ3v) is 6.96. The highest BCUT2D eigenvalue weighted by atomic mass is 32.2. The second-order valence-corrected chi connectivity index (χ2v) is 9.59. The van der Waals surface area contributed by atoms with Crippen molar-refractivity contribution in [1.82, 2.24) is 9.62 Å². The van der Waals surface area contributed by atoms with Crippen LogP contribution in [-0.2, 0) is 14.8 Å². The van der Waals surface area contributed by atoms with E-state index >= 15 is 0 Å². The van der Waals surface area contributed by atoms with Crippen LogP contribution in [0.15, 0.2) is 47.4 Å². The van der Waals surface area contributed by atoms with Gasteiger partial charge in [0.2, 0.25) is 15.9 Å². The zero-order valence-electron chi connectivity index (χ0n) is 18.5. The molecule has 0 bridgehead atoms. The summed E-state index contributed by atoms with van der Waals surface area (Å²) in [5, 5.41) is 0. The van der Waals surface area contributed by atoms with Crippen molar-refractivity contribution < 1.29 is 17.9 Å². The molecule has 1 fully saturated rings. The molecule has 1 amide bonds. The van der Waals surface area contributed by atoms with Crippen LogP contribution in [0.4, 0.5) is 0 Å². The molecule has 6 nitrogen and oxygen atoms in total. The normalized spacial score (nSPS) is 16.8. The number of sulfonamides is 1. The van der Waals surface area contributed by atoms with Gasteiger partial charge in [-0.05, 0) is 56.0 Å². The topological polar surface area (TPSA) is 75.7 Å². The number of carbonyl (C=O) groups is 1. The van der Waals surface area contributed by atoms with Crippen LogP contribution in [0.1, 0.15) is 48.1 Å². The number of nitrogens with zero attached hydrogens (tertiary/aromatic N) is 1. The van der Waals surface area contributed by atoms with Gasteiger partial charge >= 0.3 is 0 Å². The van der Waals surface area contributed by atoms with Gasteiger partial charge in [-0.1, -0.05) is 42.3 Å². The van der Waals surface area contributed by atoms with Gasteiger partial charge in [0, 0.05) is 19.2 Å². The highest BCUT2D eigenvalue weighted by Crippen LogP contribution is 2.33. The van der Waals surface area contributed by atoms with Gasteiger partial charge < -0.3 is 9.64 Å². The van der Waals surface area contributed by atoms with Gasteiger partial charge in [-0.3, -0.25) is 4.79 Å². The molecule has 0 spiro atoms. The number of benzene rings is 2. The van der Waals surface area contributed by atoms with E-state index in [1.54, 1.807) is 25.1 Å². The molecule has 1 aliphatic heterocycles.